The van der Waals surface area contributed by atoms with Crippen molar-refractivity contribution in [1.29, 1.82) is 15.8 Å². The van der Waals surface area contributed by atoms with Crippen LogP contribution in [0.1, 0.15) is 39.0 Å². The fourth-order valence-electron chi connectivity index (χ4n) is 1.91. The fraction of sp³-hybridized carbons (Fsp3) is 0.615. The second-order valence-corrected chi connectivity index (χ2v) is 4.43. The lowest BCUT2D eigenvalue weighted by atomic mass is 9.92. The molecule has 0 heterocycles. The van der Waals surface area contributed by atoms with Gasteiger partial charge in [-0.3, -0.25) is 0 Å². The van der Waals surface area contributed by atoms with E-state index in [-0.39, 0.29) is 0 Å². The van der Waals surface area contributed by atoms with E-state index in [4.69, 9.17) is 20.5 Å². The fourth-order valence-corrected chi connectivity index (χ4v) is 1.91. The SMILES string of the molecule is CC1(OC(C#N)(C#N)C#N)/C=C\CCCCC1. The molecule has 4 nitrogen and oxygen atoms in total. The molecule has 1 rings (SSSR count). The highest BCUT2D eigenvalue weighted by Gasteiger charge is 2.39. The van der Waals surface area contributed by atoms with E-state index in [9.17, 15) is 0 Å². The summed E-state index contributed by atoms with van der Waals surface area (Å²) in [6.45, 7) is 1.82. The summed E-state index contributed by atoms with van der Waals surface area (Å²) in [5, 5.41) is 26.7. The van der Waals surface area contributed by atoms with Crippen molar-refractivity contribution in [3.63, 3.8) is 0 Å². The molecule has 0 saturated heterocycles. The third-order valence-electron chi connectivity index (χ3n) is 2.87. The number of hydrogen-bond donors (Lipinski definition) is 0. The quantitative estimate of drug-likeness (QED) is 0.681. The molecule has 0 spiro atoms. The lowest BCUT2D eigenvalue weighted by Gasteiger charge is -2.30. The zero-order valence-electron chi connectivity index (χ0n) is 9.94. The molecule has 88 valence electrons. The van der Waals surface area contributed by atoms with E-state index in [1.54, 1.807) is 18.2 Å². The van der Waals surface area contributed by atoms with Gasteiger partial charge in [-0.1, -0.05) is 25.0 Å². The first-order valence-electron chi connectivity index (χ1n) is 5.71. The Balaban J connectivity index is 2.91. The molecule has 1 unspecified atom stereocenters. The third-order valence-corrected chi connectivity index (χ3v) is 2.87. The molecule has 0 fully saturated rings. The molecule has 0 N–H and O–H groups in total. The Morgan fingerprint density at radius 2 is 1.76 bits per heavy atom. The van der Waals surface area contributed by atoms with Crippen molar-refractivity contribution in [2.24, 2.45) is 0 Å². The van der Waals surface area contributed by atoms with Crippen LogP contribution in [0.25, 0.3) is 0 Å². The van der Waals surface area contributed by atoms with Gasteiger partial charge in [0.1, 0.15) is 18.2 Å². The second-order valence-electron chi connectivity index (χ2n) is 4.43. The number of hydrogen-bond acceptors (Lipinski definition) is 4. The summed E-state index contributed by atoms with van der Waals surface area (Å²) in [7, 11) is 0. The van der Waals surface area contributed by atoms with E-state index >= 15 is 0 Å². The molecule has 4 heteroatoms. The van der Waals surface area contributed by atoms with Crippen LogP contribution in [-0.2, 0) is 4.74 Å². The van der Waals surface area contributed by atoms with Gasteiger partial charge in [-0.25, -0.2) is 0 Å². The monoisotopic (exact) mass is 229 g/mol. The highest BCUT2D eigenvalue weighted by atomic mass is 16.5. The van der Waals surface area contributed by atoms with Gasteiger partial charge < -0.3 is 4.74 Å². The van der Waals surface area contributed by atoms with E-state index in [1.165, 1.54) is 0 Å². The van der Waals surface area contributed by atoms with Crippen molar-refractivity contribution in [3.8, 4) is 18.2 Å². The molecule has 1 atom stereocenters. The summed E-state index contributed by atoms with van der Waals surface area (Å²) >= 11 is 0. The second kappa shape index (κ2) is 5.48. The standard InChI is InChI=1S/C13H15N3O/c1-12(7-5-3-2-4-6-8-12)17-13(9-14,10-15)11-16/h5,7H,2-4,6,8H2,1H3/b7-5-. The number of rotatable bonds is 2. The molecule has 1 aliphatic rings. The van der Waals surface area contributed by atoms with Crippen molar-refractivity contribution in [3.05, 3.63) is 12.2 Å². The molecule has 0 radical (unpaired) electrons. The molecule has 0 aromatic heterocycles. The first kappa shape index (κ1) is 13.2. The number of nitrogens with zero attached hydrogens (tertiary/aromatic N) is 3. The maximum Gasteiger partial charge on any atom is 0.329 e. The highest BCUT2D eigenvalue weighted by molar-refractivity contribution is 5.31. The maximum atomic E-state index is 8.90. The summed E-state index contributed by atoms with van der Waals surface area (Å²) in [6.07, 6.45) is 8.77. The number of allylic oxidation sites excluding steroid dienone is 1. The molecule has 0 bridgehead atoms. The summed E-state index contributed by atoms with van der Waals surface area (Å²) in [5.74, 6) is 0. The average molecular weight is 229 g/mol. The third kappa shape index (κ3) is 3.31. The lowest BCUT2D eigenvalue weighted by molar-refractivity contribution is -0.0441. The van der Waals surface area contributed by atoms with Crippen molar-refractivity contribution < 1.29 is 4.74 Å². The van der Waals surface area contributed by atoms with Gasteiger partial charge in [0.25, 0.3) is 0 Å². The van der Waals surface area contributed by atoms with Crippen molar-refractivity contribution in [2.45, 2.75) is 50.2 Å². The van der Waals surface area contributed by atoms with Gasteiger partial charge in [-0.15, -0.1) is 0 Å². The van der Waals surface area contributed by atoms with Gasteiger partial charge in [0.05, 0.1) is 5.60 Å². The normalized spacial score (nSPS) is 26.7. The van der Waals surface area contributed by atoms with E-state index in [0.717, 1.165) is 32.1 Å². The zero-order chi connectivity index (χ0) is 12.8. The minimum atomic E-state index is -2.00. The van der Waals surface area contributed by atoms with E-state index < -0.39 is 11.2 Å². The summed E-state index contributed by atoms with van der Waals surface area (Å²) < 4.78 is 5.48. The van der Waals surface area contributed by atoms with E-state index in [0.29, 0.717) is 0 Å². The molecule has 0 aliphatic heterocycles. The van der Waals surface area contributed by atoms with Crippen LogP contribution in [0.5, 0.6) is 0 Å². The van der Waals surface area contributed by atoms with Crippen molar-refractivity contribution in [2.75, 3.05) is 0 Å². The topological polar surface area (TPSA) is 80.6 Å². The summed E-state index contributed by atoms with van der Waals surface area (Å²) in [6, 6.07) is 4.94. The molecule has 0 saturated carbocycles. The van der Waals surface area contributed by atoms with Gasteiger partial charge in [-0.05, 0) is 26.2 Å². The molecule has 0 aromatic rings. The Hall–Kier alpha value is -1.83. The average Bonchev–Trinajstić information content (AvgIpc) is 2.32. The van der Waals surface area contributed by atoms with Crippen LogP contribution >= 0.6 is 0 Å². The van der Waals surface area contributed by atoms with E-state index in [1.807, 2.05) is 19.1 Å². The van der Waals surface area contributed by atoms with Gasteiger partial charge >= 0.3 is 5.60 Å². The van der Waals surface area contributed by atoms with Crippen LogP contribution in [0.2, 0.25) is 0 Å². The molecule has 0 amide bonds. The van der Waals surface area contributed by atoms with Gasteiger partial charge in [0.2, 0.25) is 0 Å². The van der Waals surface area contributed by atoms with Gasteiger partial charge in [0, 0.05) is 0 Å². The van der Waals surface area contributed by atoms with Crippen LogP contribution in [-0.4, -0.2) is 11.2 Å². The van der Waals surface area contributed by atoms with Crippen molar-refractivity contribution >= 4 is 0 Å². The van der Waals surface area contributed by atoms with Crippen LogP contribution < -0.4 is 0 Å². The van der Waals surface area contributed by atoms with Crippen molar-refractivity contribution in [1.82, 2.24) is 0 Å². The van der Waals surface area contributed by atoms with Crippen LogP contribution in [0.4, 0.5) is 0 Å². The largest absolute Gasteiger partial charge is 0.329 e. The molecule has 1 aliphatic carbocycles. The first-order valence-corrected chi connectivity index (χ1v) is 5.71. The Morgan fingerprint density at radius 3 is 2.35 bits per heavy atom. The van der Waals surface area contributed by atoms with E-state index in [2.05, 4.69) is 0 Å². The minimum Gasteiger partial charge on any atom is -0.326 e. The van der Waals surface area contributed by atoms with Crippen LogP contribution in [0, 0.1) is 34.0 Å². The smallest absolute Gasteiger partial charge is 0.326 e. The highest BCUT2D eigenvalue weighted by Crippen LogP contribution is 2.29. The summed E-state index contributed by atoms with van der Waals surface area (Å²) in [4.78, 5) is 0. The van der Waals surface area contributed by atoms with Crippen LogP contribution in [0.3, 0.4) is 0 Å². The Kier molecular flexibility index (Phi) is 4.27. The number of ether oxygens (including phenoxy) is 1. The first-order chi connectivity index (χ1) is 8.10. The Bertz CT molecular complexity index is 385. The Labute approximate surface area is 102 Å². The summed E-state index contributed by atoms with van der Waals surface area (Å²) in [5.41, 5.74) is -2.71. The predicted molar refractivity (Wildman–Crippen MR) is 61.3 cm³/mol. The molecular formula is C13H15N3O. The lowest BCUT2D eigenvalue weighted by Crippen LogP contribution is -2.39. The minimum absolute atomic E-state index is 0.707. The Morgan fingerprint density at radius 1 is 1.12 bits per heavy atom. The predicted octanol–water partition coefficient (Wildman–Crippen LogP) is 2.59. The molecule has 17 heavy (non-hydrogen) atoms. The number of nitriles is 3. The van der Waals surface area contributed by atoms with Gasteiger partial charge in [0.15, 0.2) is 0 Å². The zero-order valence-corrected chi connectivity index (χ0v) is 9.94. The van der Waals surface area contributed by atoms with Gasteiger partial charge in [-0.2, -0.15) is 15.8 Å². The maximum absolute atomic E-state index is 8.90. The van der Waals surface area contributed by atoms with Crippen LogP contribution in [0.15, 0.2) is 12.2 Å². The molecule has 0 aromatic carbocycles. The molecular weight excluding hydrogens is 214 g/mol.